The number of hydrogen-bond donors (Lipinski definition) is 0. The van der Waals surface area contributed by atoms with Crippen molar-refractivity contribution in [2.75, 3.05) is 21.1 Å². The number of urea groups is 1. The molecule has 0 bridgehead atoms. The van der Waals surface area contributed by atoms with E-state index >= 15 is 0 Å². The van der Waals surface area contributed by atoms with Crippen LogP contribution in [0.2, 0.25) is 0 Å². The number of carbonyl (C=O) groups excluding carboxylic acids is 2. The monoisotopic (exact) mass is 199 g/mol. The van der Waals surface area contributed by atoms with Gasteiger partial charge in [-0.1, -0.05) is 0 Å². The summed E-state index contributed by atoms with van der Waals surface area (Å²) >= 11 is 0. The highest BCUT2D eigenvalue weighted by molar-refractivity contribution is 6.01. The van der Waals surface area contributed by atoms with Crippen molar-refractivity contribution in [3.05, 3.63) is 0 Å². The Kier molecular flexibility index (Phi) is 1.73. The fraction of sp³-hybridized carbons (Fsp3) is 0.625. The Labute approximate surface area is 81.8 Å². The molecule has 2 aliphatic heterocycles. The average Bonchev–Trinajstić information content (AvgIpc) is 2.54. The van der Waals surface area contributed by atoms with Gasteiger partial charge in [0.25, 0.3) is 5.91 Å². The predicted molar refractivity (Wildman–Crippen MR) is 49.8 cm³/mol. The zero-order valence-electron chi connectivity index (χ0n) is 8.34. The van der Waals surface area contributed by atoms with Gasteiger partial charge in [-0.25, -0.2) is 9.79 Å². The SMILES string of the molecule is [13CH3]N1C(=O)C2C(N=CN2[13CH3])N([13CH3])C1=O. The molecule has 0 radical (unpaired) electrons. The van der Waals surface area contributed by atoms with Crippen LogP contribution < -0.4 is 0 Å². The molecule has 0 aromatic heterocycles. The molecule has 0 aromatic carbocycles. The number of amides is 3. The van der Waals surface area contributed by atoms with E-state index in [9.17, 15) is 9.59 Å². The van der Waals surface area contributed by atoms with Crippen molar-refractivity contribution in [1.29, 1.82) is 0 Å². The molecule has 6 heteroatoms. The number of likely N-dealkylation sites (N-methyl/N-ethyl adjacent to an activating group) is 3. The molecule has 2 atom stereocenters. The third-order valence-corrected chi connectivity index (χ3v) is 2.69. The van der Waals surface area contributed by atoms with Gasteiger partial charge in [-0.3, -0.25) is 9.69 Å². The molecule has 0 aromatic rings. The lowest BCUT2D eigenvalue weighted by Crippen LogP contribution is -2.63. The molecule has 2 aliphatic rings. The van der Waals surface area contributed by atoms with Crippen LogP contribution in [-0.2, 0) is 4.79 Å². The van der Waals surface area contributed by atoms with Gasteiger partial charge >= 0.3 is 6.03 Å². The summed E-state index contributed by atoms with van der Waals surface area (Å²) in [6, 6.07) is -0.661. The minimum absolute atomic E-state index is 0.196. The highest BCUT2D eigenvalue weighted by atomic mass is 16.2. The summed E-state index contributed by atoms with van der Waals surface area (Å²) < 4.78 is 0. The van der Waals surface area contributed by atoms with Gasteiger partial charge in [0.15, 0.2) is 12.2 Å². The first-order chi connectivity index (χ1) is 6.54. The Balaban J connectivity index is 2.35. The topological polar surface area (TPSA) is 56.2 Å². The lowest BCUT2D eigenvalue weighted by Gasteiger charge is -2.38. The average molecular weight is 199 g/mol. The highest BCUT2D eigenvalue weighted by Crippen LogP contribution is 2.22. The van der Waals surface area contributed by atoms with Crippen molar-refractivity contribution in [1.82, 2.24) is 14.7 Å². The molecule has 0 aliphatic carbocycles. The van der Waals surface area contributed by atoms with E-state index in [-0.39, 0.29) is 24.1 Å². The lowest BCUT2D eigenvalue weighted by atomic mass is 10.1. The number of hydrogen-bond acceptors (Lipinski definition) is 4. The second-order valence-corrected chi connectivity index (χ2v) is 3.58. The normalized spacial score (nSPS) is 31.5. The Bertz CT molecular complexity index is 327. The van der Waals surface area contributed by atoms with Crippen molar-refractivity contribution >= 4 is 18.3 Å². The fourth-order valence-corrected chi connectivity index (χ4v) is 1.79. The quantitative estimate of drug-likeness (QED) is 0.479. The van der Waals surface area contributed by atoms with Gasteiger partial charge in [-0.2, -0.15) is 0 Å². The maximum Gasteiger partial charge on any atom is 0.328 e. The van der Waals surface area contributed by atoms with Gasteiger partial charge in [0.1, 0.15) is 0 Å². The molecule has 0 saturated carbocycles. The van der Waals surface area contributed by atoms with E-state index in [1.807, 2.05) is 0 Å². The van der Waals surface area contributed by atoms with Crippen LogP contribution in [-0.4, -0.2) is 66.3 Å². The van der Waals surface area contributed by atoms with Crippen LogP contribution in [0.3, 0.4) is 0 Å². The summed E-state index contributed by atoms with van der Waals surface area (Å²) in [4.78, 5) is 31.7. The summed E-state index contributed by atoms with van der Waals surface area (Å²) in [7, 11) is 4.92. The summed E-state index contributed by atoms with van der Waals surface area (Å²) in [6.07, 6.45) is 1.23. The van der Waals surface area contributed by atoms with Crippen LogP contribution in [0, 0.1) is 0 Å². The first-order valence-corrected chi connectivity index (χ1v) is 4.33. The molecule has 1 saturated heterocycles. The number of imide groups is 1. The van der Waals surface area contributed by atoms with Crippen molar-refractivity contribution in [2.45, 2.75) is 12.2 Å². The van der Waals surface area contributed by atoms with Gasteiger partial charge in [-0.05, 0) is 0 Å². The highest BCUT2D eigenvalue weighted by Gasteiger charge is 2.47. The standard InChI is InChI=1S/C8H12N4O2/c1-10-4-9-6-5(10)7(13)12(3)8(14)11(6)2/h4-6H,1-3H3/i1+1,2+1,3+1. The summed E-state index contributed by atoms with van der Waals surface area (Å²) in [6.45, 7) is 0. The predicted octanol–water partition coefficient (Wildman–Crippen LogP) is -0.821. The van der Waals surface area contributed by atoms with Crippen LogP contribution in [0.1, 0.15) is 0 Å². The number of carbonyl (C=O) groups is 2. The third kappa shape index (κ3) is 0.934. The molecular formula is C8H12N4O2. The number of rotatable bonds is 0. The van der Waals surface area contributed by atoms with Gasteiger partial charge in [0.2, 0.25) is 0 Å². The van der Waals surface area contributed by atoms with Crippen LogP contribution in [0.15, 0.2) is 4.99 Å². The van der Waals surface area contributed by atoms with Crippen LogP contribution >= 0.6 is 0 Å². The molecule has 1 fully saturated rings. The van der Waals surface area contributed by atoms with E-state index < -0.39 is 0 Å². The Morgan fingerprint density at radius 2 is 1.93 bits per heavy atom. The minimum Gasteiger partial charge on any atom is -0.351 e. The van der Waals surface area contributed by atoms with Crippen molar-refractivity contribution in [3.8, 4) is 0 Å². The minimum atomic E-state index is -0.365. The molecule has 0 N–H and O–H groups in total. The number of fused-ring (bicyclic) bond motifs is 1. The second kappa shape index (κ2) is 2.70. The lowest BCUT2D eigenvalue weighted by molar-refractivity contribution is -0.135. The van der Waals surface area contributed by atoms with E-state index in [2.05, 4.69) is 4.99 Å². The van der Waals surface area contributed by atoms with E-state index in [0.29, 0.717) is 0 Å². The molecular weight excluding hydrogens is 187 g/mol. The molecule has 2 unspecified atom stereocenters. The Morgan fingerprint density at radius 3 is 2.57 bits per heavy atom. The van der Waals surface area contributed by atoms with E-state index in [1.165, 1.54) is 11.9 Å². The first kappa shape index (κ1) is 8.98. The van der Waals surface area contributed by atoms with Gasteiger partial charge in [0.05, 0.1) is 6.34 Å². The fourth-order valence-electron chi connectivity index (χ4n) is 1.79. The molecule has 3 amide bonds. The molecule has 0 spiro atoms. The summed E-state index contributed by atoms with van der Waals surface area (Å²) in [5.41, 5.74) is 0. The molecule has 2 heterocycles. The van der Waals surface area contributed by atoms with Gasteiger partial charge in [-0.15, -0.1) is 0 Å². The smallest absolute Gasteiger partial charge is 0.328 e. The van der Waals surface area contributed by atoms with Crippen molar-refractivity contribution in [2.24, 2.45) is 4.99 Å². The van der Waals surface area contributed by atoms with Crippen molar-refractivity contribution in [3.63, 3.8) is 0 Å². The third-order valence-electron chi connectivity index (χ3n) is 2.69. The molecule has 2 rings (SSSR count). The largest absolute Gasteiger partial charge is 0.351 e. The number of nitrogens with zero attached hydrogens (tertiary/aromatic N) is 4. The molecule has 6 nitrogen and oxygen atoms in total. The zero-order valence-corrected chi connectivity index (χ0v) is 8.34. The molecule has 14 heavy (non-hydrogen) atoms. The van der Waals surface area contributed by atoms with Gasteiger partial charge < -0.3 is 9.80 Å². The van der Waals surface area contributed by atoms with E-state index in [4.69, 9.17) is 0 Å². The van der Waals surface area contributed by atoms with E-state index in [0.717, 1.165) is 4.90 Å². The first-order valence-electron chi connectivity index (χ1n) is 4.33. The Hall–Kier alpha value is -1.59. The number of aliphatic imine (C=N–C) groups is 1. The van der Waals surface area contributed by atoms with Gasteiger partial charge in [0, 0.05) is 21.1 Å². The molecule has 76 valence electrons. The van der Waals surface area contributed by atoms with Crippen molar-refractivity contribution < 1.29 is 9.59 Å². The zero-order chi connectivity index (χ0) is 10.5. The van der Waals surface area contributed by atoms with Crippen LogP contribution in [0.4, 0.5) is 4.79 Å². The van der Waals surface area contributed by atoms with Crippen LogP contribution in [0.25, 0.3) is 0 Å². The van der Waals surface area contributed by atoms with Crippen LogP contribution in [0.5, 0.6) is 0 Å². The maximum atomic E-state index is 11.7. The summed E-state index contributed by atoms with van der Waals surface area (Å²) in [5.74, 6) is -0.196. The Morgan fingerprint density at radius 1 is 1.29 bits per heavy atom. The summed E-state index contributed by atoms with van der Waals surface area (Å²) in [5, 5.41) is 0. The second-order valence-electron chi connectivity index (χ2n) is 3.58. The van der Waals surface area contributed by atoms with E-state index in [1.54, 1.807) is 25.3 Å². The maximum absolute atomic E-state index is 11.7.